The van der Waals surface area contributed by atoms with Gasteiger partial charge in [0.2, 0.25) is 0 Å². The van der Waals surface area contributed by atoms with Crippen LogP contribution in [0.25, 0.3) is 0 Å². The van der Waals surface area contributed by atoms with Gasteiger partial charge in [-0.1, -0.05) is 0 Å². The Morgan fingerprint density at radius 1 is 1.38 bits per heavy atom. The van der Waals surface area contributed by atoms with Gasteiger partial charge in [-0.3, -0.25) is 0 Å². The Hall–Kier alpha value is -0.810. The van der Waals surface area contributed by atoms with Gasteiger partial charge >= 0.3 is 6.09 Å². The number of piperidine rings is 1. The minimum atomic E-state index is -0.398. The van der Waals surface area contributed by atoms with E-state index >= 15 is 0 Å². The minimum Gasteiger partial charge on any atom is -0.444 e. The number of carbonyl (C=O) groups excluding carboxylic acids is 1. The van der Waals surface area contributed by atoms with Crippen molar-refractivity contribution in [2.24, 2.45) is 5.92 Å². The number of nitrogens with zero attached hydrogens (tertiary/aromatic N) is 1. The lowest BCUT2D eigenvalue weighted by atomic mass is 10.0. The zero-order valence-electron chi connectivity index (χ0n) is 13.8. The van der Waals surface area contributed by atoms with Crippen molar-refractivity contribution in [2.45, 2.75) is 58.1 Å². The normalized spacial score (nSPS) is 26.9. The fourth-order valence-electron chi connectivity index (χ4n) is 3.08. The van der Waals surface area contributed by atoms with Crippen LogP contribution in [0.5, 0.6) is 0 Å². The summed E-state index contributed by atoms with van der Waals surface area (Å²) in [7, 11) is 0. The highest BCUT2D eigenvalue weighted by atomic mass is 16.6. The van der Waals surface area contributed by atoms with Crippen LogP contribution in [0.1, 0.15) is 46.5 Å². The number of nitrogens with one attached hydrogen (secondary N) is 2. The van der Waals surface area contributed by atoms with Crippen LogP contribution >= 0.6 is 0 Å². The van der Waals surface area contributed by atoms with Crippen LogP contribution in [0.15, 0.2) is 0 Å². The van der Waals surface area contributed by atoms with Gasteiger partial charge in [-0.2, -0.15) is 0 Å². The van der Waals surface area contributed by atoms with Crippen molar-refractivity contribution in [2.75, 3.05) is 32.7 Å². The number of hydrogen-bond donors (Lipinski definition) is 2. The summed E-state index contributed by atoms with van der Waals surface area (Å²) >= 11 is 0. The molecule has 0 radical (unpaired) electrons. The highest BCUT2D eigenvalue weighted by molar-refractivity contribution is 5.68. The molecular weight excluding hydrogens is 266 g/mol. The maximum Gasteiger partial charge on any atom is 0.410 e. The number of carbonyl (C=O) groups is 1. The predicted octanol–water partition coefficient (Wildman–Crippen LogP) is 1.98. The fourth-order valence-corrected chi connectivity index (χ4v) is 3.08. The molecule has 2 unspecified atom stereocenters. The molecule has 2 N–H and O–H groups in total. The molecule has 5 heteroatoms. The lowest BCUT2D eigenvalue weighted by Gasteiger charge is -2.25. The molecule has 2 heterocycles. The first-order valence-corrected chi connectivity index (χ1v) is 8.36. The largest absolute Gasteiger partial charge is 0.444 e. The Labute approximate surface area is 128 Å². The van der Waals surface area contributed by atoms with Gasteiger partial charge in [0.15, 0.2) is 0 Å². The first kappa shape index (κ1) is 16.6. The molecule has 2 aliphatic rings. The van der Waals surface area contributed by atoms with E-state index in [0.29, 0.717) is 12.0 Å². The van der Waals surface area contributed by atoms with Crippen LogP contribution in [0.3, 0.4) is 0 Å². The van der Waals surface area contributed by atoms with Crippen molar-refractivity contribution in [3.05, 3.63) is 0 Å². The molecule has 0 aromatic carbocycles. The molecule has 0 aromatic rings. The van der Waals surface area contributed by atoms with Crippen molar-refractivity contribution < 1.29 is 9.53 Å². The highest BCUT2D eigenvalue weighted by Crippen LogP contribution is 2.21. The van der Waals surface area contributed by atoms with Crippen LogP contribution in [0, 0.1) is 5.92 Å². The Morgan fingerprint density at radius 2 is 2.19 bits per heavy atom. The summed E-state index contributed by atoms with van der Waals surface area (Å²) in [5.41, 5.74) is -0.398. The minimum absolute atomic E-state index is 0.158. The van der Waals surface area contributed by atoms with Crippen LogP contribution in [-0.4, -0.2) is 55.4 Å². The van der Waals surface area contributed by atoms with E-state index in [9.17, 15) is 4.79 Å². The molecule has 2 atom stereocenters. The first-order valence-electron chi connectivity index (χ1n) is 8.36. The van der Waals surface area contributed by atoms with Gasteiger partial charge in [0, 0.05) is 25.7 Å². The van der Waals surface area contributed by atoms with Crippen molar-refractivity contribution >= 4 is 6.09 Å². The molecule has 0 aromatic heterocycles. The third-order valence-electron chi connectivity index (χ3n) is 4.22. The maximum absolute atomic E-state index is 12.0. The van der Waals surface area contributed by atoms with Crippen LogP contribution in [0.2, 0.25) is 0 Å². The van der Waals surface area contributed by atoms with Crippen molar-refractivity contribution in [3.8, 4) is 0 Å². The van der Waals surface area contributed by atoms with Gasteiger partial charge in [-0.05, 0) is 65.5 Å². The third-order valence-corrected chi connectivity index (χ3v) is 4.22. The van der Waals surface area contributed by atoms with E-state index in [1.54, 1.807) is 0 Å². The molecule has 0 bridgehead atoms. The lowest BCUT2D eigenvalue weighted by Crippen LogP contribution is -2.43. The number of amides is 1. The van der Waals surface area contributed by atoms with Crippen molar-refractivity contribution in [3.63, 3.8) is 0 Å². The molecule has 5 nitrogen and oxygen atoms in total. The number of hydrogen-bond acceptors (Lipinski definition) is 4. The third kappa shape index (κ3) is 5.83. The molecule has 2 saturated heterocycles. The average Bonchev–Trinajstić information content (AvgIpc) is 2.87. The molecule has 0 aliphatic carbocycles. The zero-order valence-corrected chi connectivity index (χ0v) is 13.8. The van der Waals surface area contributed by atoms with Crippen LogP contribution in [0.4, 0.5) is 4.79 Å². The van der Waals surface area contributed by atoms with Crippen molar-refractivity contribution in [1.29, 1.82) is 0 Å². The van der Waals surface area contributed by atoms with Crippen LogP contribution in [-0.2, 0) is 4.74 Å². The summed E-state index contributed by atoms with van der Waals surface area (Å²) in [4.78, 5) is 13.9. The summed E-state index contributed by atoms with van der Waals surface area (Å²) in [6.45, 7) is 10.7. The Kier molecular flexibility index (Phi) is 5.88. The van der Waals surface area contributed by atoms with E-state index in [-0.39, 0.29) is 6.09 Å². The van der Waals surface area contributed by atoms with Gasteiger partial charge in [-0.15, -0.1) is 0 Å². The second-order valence-electron chi connectivity index (χ2n) is 7.37. The summed E-state index contributed by atoms with van der Waals surface area (Å²) in [6.07, 6.45) is 4.64. The molecule has 2 rings (SSSR count). The standard InChI is InChI=1S/C16H31N3O2/c1-16(2,3)21-15(20)19-10-7-13(12-19)6-9-18-14-5-4-8-17-11-14/h13-14,17-18H,4-12H2,1-3H3. The van der Waals surface area contributed by atoms with Gasteiger partial charge in [0.1, 0.15) is 5.60 Å². The molecule has 122 valence electrons. The van der Waals surface area contributed by atoms with Gasteiger partial charge in [-0.25, -0.2) is 4.79 Å². The molecule has 1 amide bonds. The summed E-state index contributed by atoms with van der Waals surface area (Å²) in [5.74, 6) is 0.613. The maximum atomic E-state index is 12.0. The van der Waals surface area contributed by atoms with E-state index in [4.69, 9.17) is 4.74 Å². The molecule has 0 saturated carbocycles. The Bertz CT molecular complexity index is 335. The zero-order chi connectivity index (χ0) is 15.3. The number of ether oxygens (including phenoxy) is 1. The smallest absolute Gasteiger partial charge is 0.410 e. The summed E-state index contributed by atoms with van der Waals surface area (Å²) in [6, 6.07) is 0.627. The van der Waals surface area contributed by atoms with E-state index in [1.165, 1.54) is 12.8 Å². The van der Waals surface area contributed by atoms with Crippen LogP contribution < -0.4 is 10.6 Å². The Morgan fingerprint density at radius 3 is 2.86 bits per heavy atom. The predicted molar refractivity (Wildman–Crippen MR) is 84.4 cm³/mol. The van der Waals surface area contributed by atoms with Gasteiger partial charge in [0.05, 0.1) is 0 Å². The molecular formula is C16H31N3O2. The second-order valence-corrected chi connectivity index (χ2v) is 7.37. The molecule has 21 heavy (non-hydrogen) atoms. The average molecular weight is 297 g/mol. The van der Waals surface area contributed by atoms with Gasteiger partial charge in [0.25, 0.3) is 0 Å². The topological polar surface area (TPSA) is 53.6 Å². The summed E-state index contributed by atoms with van der Waals surface area (Å²) in [5, 5.41) is 7.06. The van der Waals surface area contributed by atoms with Gasteiger partial charge < -0.3 is 20.3 Å². The fraction of sp³-hybridized carbons (Fsp3) is 0.938. The first-order chi connectivity index (χ1) is 9.94. The number of likely N-dealkylation sites (tertiary alicyclic amines) is 1. The van der Waals surface area contributed by atoms with E-state index in [1.807, 2.05) is 25.7 Å². The Balaban J connectivity index is 1.62. The lowest BCUT2D eigenvalue weighted by molar-refractivity contribution is 0.0287. The summed E-state index contributed by atoms with van der Waals surface area (Å²) < 4.78 is 5.43. The van der Waals surface area contributed by atoms with E-state index < -0.39 is 5.60 Å². The van der Waals surface area contributed by atoms with E-state index in [0.717, 1.165) is 45.6 Å². The van der Waals surface area contributed by atoms with Crippen molar-refractivity contribution in [1.82, 2.24) is 15.5 Å². The monoisotopic (exact) mass is 297 g/mol. The molecule has 2 aliphatic heterocycles. The second kappa shape index (κ2) is 7.45. The number of rotatable bonds is 4. The SMILES string of the molecule is CC(C)(C)OC(=O)N1CCC(CCNC2CCCNC2)C1. The quantitative estimate of drug-likeness (QED) is 0.833. The molecule has 0 spiro atoms. The van der Waals surface area contributed by atoms with E-state index in [2.05, 4.69) is 10.6 Å². The highest BCUT2D eigenvalue weighted by Gasteiger charge is 2.29. The molecule has 2 fully saturated rings.